The molecule has 6 N–H and O–H groups in total. The lowest BCUT2D eigenvalue weighted by atomic mass is 9.43. The molecule has 0 amide bonds. The summed E-state index contributed by atoms with van der Waals surface area (Å²) in [7, 11) is 0. The summed E-state index contributed by atoms with van der Waals surface area (Å²) < 4.78 is 42.1. The first-order chi connectivity index (χ1) is 26.0. The molecule has 312 valence electrons. The smallest absolute Gasteiger partial charge is 0.331 e. The van der Waals surface area contributed by atoms with Crippen LogP contribution in [-0.2, 0) is 38.0 Å². The van der Waals surface area contributed by atoms with Gasteiger partial charge in [0.1, 0.15) is 24.9 Å². The number of hydrogen-bond acceptors (Lipinski definition) is 14. The van der Waals surface area contributed by atoms with Gasteiger partial charge in [0.15, 0.2) is 18.9 Å². The number of carbonyl (C=O) groups excluding carboxylic acids is 1. The van der Waals surface area contributed by atoms with E-state index in [4.69, 9.17) is 33.2 Å². The molecular weight excluding hydrogens is 716 g/mol. The quantitative estimate of drug-likeness (QED) is 0.162. The molecule has 4 saturated carbocycles. The molecule has 0 aromatic carbocycles. The van der Waals surface area contributed by atoms with Crippen LogP contribution in [-0.4, -0.2) is 135 Å². The zero-order valence-corrected chi connectivity index (χ0v) is 32.9. The molecule has 8 aliphatic rings. The third-order valence-electron chi connectivity index (χ3n) is 15.8. The van der Waals surface area contributed by atoms with Crippen LogP contribution in [0.15, 0.2) is 11.6 Å². The van der Waals surface area contributed by atoms with E-state index in [9.17, 15) is 35.4 Å². The molecule has 0 spiro atoms. The van der Waals surface area contributed by atoms with Gasteiger partial charge in [-0.3, -0.25) is 0 Å². The van der Waals surface area contributed by atoms with Crippen molar-refractivity contribution in [1.29, 1.82) is 0 Å². The van der Waals surface area contributed by atoms with Crippen molar-refractivity contribution in [3.63, 3.8) is 0 Å². The van der Waals surface area contributed by atoms with Crippen LogP contribution in [0.5, 0.6) is 0 Å². The molecule has 14 nitrogen and oxygen atoms in total. The number of aliphatic hydroxyl groups excluding tert-OH is 5. The molecule has 0 aromatic heterocycles. The Morgan fingerprint density at radius 1 is 0.691 bits per heavy atom. The number of fused-ring (bicyclic) bond motifs is 5. The Hall–Kier alpha value is -1.27. The normalized spacial score (nSPS) is 55.5. The summed E-state index contributed by atoms with van der Waals surface area (Å²) in [6.07, 6.45) is -1.26. The summed E-state index contributed by atoms with van der Waals surface area (Å²) in [5.41, 5.74) is -0.686. The van der Waals surface area contributed by atoms with Gasteiger partial charge in [-0.05, 0) is 94.5 Å². The van der Waals surface area contributed by atoms with Crippen molar-refractivity contribution in [2.75, 3.05) is 6.61 Å². The van der Waals surface area contributed by atoms with E-state index in [0.717, 1.165) is 50.5 Å². The van der Waals surface area contributed by atoms with Gasteiger partial charge in [0, 0.05) is 43.1 Å². The predicted octanol–water partition coefficient (Wildman–Crippen LogP) is 2.22. The fourth-order valence-electron chi connectivity index (χ4n) is 12.9. The Balaban J connectivity index is 0.834. The minimum absolute atomic E-state index is 0.0203. The lowest BCUT2D eigenvalue weighted by molar-refractivity contribution is -0.336. The molecule has 4 aliphatic carbocycles. The van der Waals surface area contributed by atoms with Gasteiger partial charge in [0.2, 0.25) is 0 Å². The SMILES string of the molecule is C[C@H]1OC(O[C@H]2[C@@H](O)CC(O[C@H]3[C@@H](O)C[C@H](O[C@H]4CC[C@]5(C)C6CC[C@]7(C)[C@@H](C8=CC(=O)OC8)[C@@H](O)C[C@]7(O)[C@@H]6CC[C@@H]5C4)O[C@@H]3C)O[C@@H]2C)C[C@H](O)C1O. The Bertz CT molecular complexity index is 1410. The Morgan fingerprint density at radius 3 is 1.87 bits per heavy atom. The van der Waals surface area contributed by atoms with Crippen molar-refractivity contribution in [3.05, 3.63) is 11.6 Å². The molecule has 55 heavy (non-hydrogen) atoms. The number of rotatable bonds is 7. The molecule has 3 saturated heterocycles. The molecule has 4 aliphatic heterocycles. The van der Waals surface area contributed by atoms with Gasteiger partial charge in [-0.1, -0.05) is 13.8 Å². The van der Waals surface area contributed by atoms with Crippen LogP contribution in [0.4, 0.5) is 0 Å². The first kappa shape index (κ1) is 40.5. The first-order valence-electron chi connectivity index (χ1n) is 20.9. The summed E-state index contributed by atoms with van der Waals surface area (Å²) in [6, 6.07) is 0. The average Bonchev–Trinajstić information content (AvgIpc) is 3.62. The Morgan fingerprint density at radius 2 is 1.29 bits per heavy atom. The largest absolute Gasteiger partial charge is 0.458 e. The fourth-order valence-corrected chi connectivity index (χ4v) is 12.9. The van der Waals surface area contributed by atoms with Crippen molar-refractivity contribution in [3.8, 4) is 0 Å². The van der Waals surface area contributed by atoms with Crippen molar-refractivity contribution in [2.45, 2.75) is 197 Å². The topological polar surface area (TPSA) is 203 Å². The van der Waals surface area contributed by atoms with Crippen molar-refractivity contribution >= 4 is 5.97 Å². The van der Waals surface area contributed by atoms with Gasteiger partial charge in [-0.2, -0.15) is 0 Å². The molecule has 0 aromatic rings. The molecule has 4 heterocycles. The van der Waals surface area contributed by atoms with Gasteiger partial charge in [0.05, 0.1) is 54.4 Å². The van der Waals surface area contributed by atoms with Gasteiger partial charge >= 0.3 is 5.97 Å². The second-order valence-electron chi connectivity index (χ2n) is 18.9. The third-order valence-corrected chi connectivity index (χ3v) is 15.8. The number of hydrogen-bond donors (Lipinski definition) is 6. The van der Waals surface area contributed by atoms with Gasteiger partial charge < -0.3 is 63.8 Å². The van der Waals surface area contributed by atoms with Crippen LogP contribution in [0, 0.1) is 34.5 Å². The third kappa shape index (κ3) is 7.05. The number of ether oxygens (including phenoxy) is 7. The average molecular weight is 781 g/mol. The van der Waals surface area contributed by atoms with E-state index in [2.05, 4.69) is 13.8 Å². The van der Waals surface area contributed by atoms with E-state index >= 15 is 0 Å². The maximum absolute atomic E-state index is 12.6. The second kappa shape index (κ2) is 15.1. The molecule has 0 bridgehead atoms. The summed E-state index contributed by atoms with van der Waals surface area (Å²) in [5, 5.41) is 66.3. The highest BCUT2D eigenvalue weighted by Gasteiger charge is 2.70. The van der Waals surface area contributed by atoms with Gasteiger partial charge in [-0.15, -0.1) is 0 Å². The van der Waals surface area contributed by atoms with E-state index in [0.29, 0.717) is 18.3 Å². The number of carbonyl (C=O) groups is 1. The van der Waals surface area contributed by atoms with Crippen LogP contribution in [0.2, 0.25) is 0 Å². The predicted molar refractivity (Wildman–Crippen MR) is 193 cm³/mol. The monoisotopic (exact) mass is 780 g/mol. The minimum Gasteiger partial charge on any atom is -0.458 e. The van der Waals surface area contributed by atoms with E-state index in [1.54, 1.807) is 13.8 Å². The lowest BCUT2D eigenvalue weighted by Gasteiger charge is -2.63. The van der Waals surface area contributed by atoms with E-state index in [1.165, 1.54) is 6.08 Å². The summed E-state index contributed by atoms with van der Waals surface area (Å²) in [5.74, 6) is 0.174. The summed E-state index contributed by atoms with van der Waals surface area (Å²) in [6.45, 7) is 9.98. The number of cyclic esters (lactones) is 1. The highest BCUT2D eigenvalue weighted by atomic mass is 16.7. The maximum atomic E-state index is 12.6. The zero-order chi connectivity index (χ0) is 39.2. The standard InChI is InChI=1S/C41H64O14/c1-19-36(47)27(42)14-33(50-19)54-38-21(3)52-34(16-29(38)44)55-37-20(2)51-32(15-28(37)43)53-24-8-10-39(4)23(13-24)6-7-26-25(39)9-11-40(5)35(22-12-31(46)49-18-22)30(45)17-41(26,40)48/h12,19-21,23-30,32-38,42-45,47-48H,6-11,13-18H2,1-5H3/t19-,20-,21-,23-,24+,25?,26-,27+,28+,29+,30+,32+,33?,34?,35+,36?,37-,38-,39+,40-,41+/m1/s1. The number of aliphatic hydroxyl groups is 6. The molecular formula is C41H64O14. The second-order valence-corrected chi connectivity index (χ2v) is 18.9. The van der Waals surface area contributed by atoms with Crippen molar-refractivity contribution < 1.29 is 68.6 Å². The molecule has 7 fully saturated rings. The minimum atomic E-state index is -1.01. The molecule has 8 rings (SSSR count). The van der Waals surface area contributed by atoms with Gasteiger partial charge in [0.25, 0.3) is 0 Å². The number of esters is 1. The lowest BCUT2D eigenvalue weighted by Crippen LogP contribution is -2.62. The Labute approximate surface area is 323 Å². The van der Waals surface area contributed by atoms with Crippen LogP contribution in [0.3, 0.4) is 0 Å². The van der Waals surface area contributed by atoms with Crippen LogP contribution in [0.25, 0.3) is 0 Å². The summed E-state index contributed by atoms with van der Waals surface area (Å²) >= 11 is 0. The van der Waals surface area contributed by atoms with Crippen molar-refractivity contribution in [1.82, 2.24) is 0 Å². The van der Waals surface area contributed by atoms with Crippen LogP contribution < -0.4 is 0 Å². The molecule has 21 atom stereocenters. The fraction of sp³-hybridized carbons (Fsp3) is 0.927. The van der Waals surface area contributed by atoms with Crippen molar-refractivity contribution in [2.24, 2.45) is 34.5 Å². The Kier molecular flexibility index (Phi) is 11.1. The van der Waals surface area contributed by atoms with E-state index < -0.39 is 90.9 Å². The van der Waals surface area contributed by atoms with E-state index in [1.807, 2.05) is 6.92 Å². The summed E-state index contributed by atoms with van der Waals surface area (Å²) in [4.78, 5) is 12.0. The van der Waals surface area contributed by atoms with E-state index in [-0.39, 0.29) is 55.2 Å². The highest BCUT2D eigenvalue weighted by Crippen LogP contribution is 2.70. The zero-order valence-electron chi connectivity index (χ0n) is 32.9. The van der Waals surface area contributed by atoms with Crippen LogP contribution in [0.1, 0.15) is 105 Å². The maximum Gasteiger partial charge on any atom is 0.331 e. The molecule has 4 unspecified atom stereocenters. The first-order valence-corrected chi connectivity index (χ1v) is 20.9. The highest BCUT2D eigenvalue weighted by molar-refractivity contribution is 5.85. The van der Waals surface area contributed by atoms with Crippen LogP contribution >= 0.6 is 0 Å². The molecule has 0 radical (unpaired) electrons. The van der Waals surface area contributed by atoms with Gasteiger partial charge in [-0.25, -0.2) is 4.79 Å². The molecule has 14 heteroatoms.